The van der Waals surface area contributed by atoms with Crippen molar-refractivity contribution in [2.45, 2.75) is 32.1 Å². The Morgan fingerprint density at radius 3 is 2.40 bits per heavy atom. The van der Waals surface area contributed by atoms with E-state index in [1.54, 1.807) is 4.90 Å². The van der Waals surface area contributed by atoms with Crippen molar-refractivity contribution in [2.24, 2.45) is 23.7 Å². The van der Waals surface area contributed by atoms with Gasteiger partial charge in [0.2, 0.25) is 5.91 Å². The molecule has 3 rings (SSSR count). The first-order valence-corrected chi connectivity index (χ1v) is 7.73. The number of aliphatic carboxylic acids is 1. The van der Waals surface area contributed by atoms with E-state index in [4.69, 9.17) is 4.74 Å². The number of carbonyl (C=O) groups excluding carboxylic acids is 1. The third-order valence-electron chi connectivity index (χ3n) is 5.07. The molecule has 3 fully saturated rings. The van der Waals surface area contributed by atoms with Gasteiger partial charge in [-0.15, -0.1) is 0 Å². The normalized spacial score (nSPS) is 31.5. The highest BCUT2D eigenvalue weighted by molar-refractivity contribution is 5.79. The molecule has 20 heavy (non-hydrogen) atoms. The van der Waals surface area contributed by atoms with Gasteiger partial charge in [0, 0.05) is 32.7 Å². The fourth-order valence-electron chi connectivity index (χ4n) is 3.62. The van der Waals surface area contributed by atoms with E-state index in [1.165, 1.54) is 0 Å². The zero-order valence-corrected chi connectivity index (χ0v) is 11.8. The fraction of sp³-hybridized carbons (Fsp3) is 0.867. The third kappa shape index (κ3) is 2.97. The van der Waals surface area contributed by atoms with Gasteiger partial charge in [0.1, 0.15) is 0 Å². The molecule has 0 aromatic heterocycles. The molecule has 0 bridgehead atoms. The SMILES string of the molecule is O=C(O)[C@H]1CN(C(=O)CC2CCOCC2)C[C@@H]1C1CC1. The Kier molecular flexibility index (Phi) is 3.96. The lowest BCUT2D eigenvalue weighted by Crippen LogP contribution is -2.32. The highest BCUT2D eigenvalue weighted by Crippen LogP contribution is 2.44. The van der Waals surface area contributed by atoms with Gasteiger partial charge in [-0.05, 0) is 43.4 Å². The molecule has 0 aromatic carbocycles. The number of amides is 1. The Bertz CT molecular complexity index is 387. The Labute approximate surface area is 119 Å². The van der Waals surface area contributed by atoms with Crippen molar-refractivity contribution < 1.29 is 19.4 Å². The molecule has 0 spiro atoms. The van der Waals surface area contributed by atoms with Gasteiger partial charge in [0.15, 0.2) is 0 Å². The number of rotatable bonds is 4. The number of carbonyl (C=O) groups is 2. The summed E-state index contributed by atoms with van der Waals surface area (Å²) in [4.78, 5) is 25.5. The number of hydrogen-bond acceptors (Lipinski definition) is 3. The van der Waals surface area contributed by atoms with Crippen LogP contribution in [0.3, 0.4) is 0 Å². The van der Waals surface area contributed by atoms with Gasteiger partial charge in [0.05, 0.1) is 5.92 Å². The molecule has 5 nitrogen and oxygen atoms in total. The quantitative estimate of drug-likeness (QED) is 0.845. The van der Waals surface area contributed by atoms with Crippen LogP contribution in [0.2, 0.25) is 0 Å². The molecule has 112 valence electrons. The maximum Gasteiger partial charge on any atom is 0.308 e. The van der Waals surface area contributed by atoms with E-state index in [2.05, 4.69) is 0 Å². The summed E-state index contributed by atoms with van der Waals surface area (Å²) in [6, 6.07) is 0. The van der Waals surface area contributed by atoms with Crippen molar-refractivity contribution in [3.8, 4) is 0 Å². The van der Waals surface area contributed by atoms with Crippen LogP contribution in [0.15, 0.2) is 0 Å². The summed E-state index contributed by atoms with van der Waals surface area (Å²) < 4.78 is 5.31. The van der Waals surface area contributed by atoms with Crippen molar-refractivity contribution in [3.63, 3.8) is 0 Å². The highest BCUT2D eigenvalue weighted by Gasteiger charge is 2.46. The molecular formula is C15H23NO4. The number of nitrogens with zero attached hydrogens (tertiary/aromatic N) is 1. The summed E-state index contributed by atoms with van der Waals surface area (Å²) in [7, 11) is 0. The summed E-state index contributed by atoms with van der Waals surface area (Å²) in [6.07, 6.45) is 4.74. The second-order valence-electron chi connectivity index (χ2n) is 6.50. The third-order valence-corrected chi connectivity index (χ3v) is 5.07. The van der Waals surface area contributed by atoms with E-state index in [9.17, 15) is 14.7 Å². The van der Waals surface area contributed by atoms with Crippen molar-refractivity contribution in [2.75, 3.05) is 26.3 Å². The monoisotopic (exact) mass is 281 g/mol. The second-order valence-corrected chi connectivity index (χ2v) is 6.50. The van der Waals surface area contributed by atoms with Crippen LogP contribution < -0.4 is 0 Å². The number of ether oxygens (including phenoxy) is 1. The molecule has 0 radical (unpaired) electrons. The van der Waals surface area contributed by atoms with E-state index in [-0.39, 0.29) is 17.7 Å². The average Bonchev–Trinajstić information content (AvgIpc) is 3.18. The summed E-state index contributed by atoms with van der Waals surface area (Å²) in [6.45, 7) is 2.57. The van der Waals surface area contributed by atoms with Crippen LogP contribution in [0.5, 0.6) is 0 Å². The van der Waals surface area contributed by atoms with Crippen LogP contribution >= 0.6 is 0 Å². The first kappa shape index (κ1) is 13.9. The van der Waals surface area contributed by atoms with Crippen molar-refractivity contribution >= 4 is 11.9 Å². The zero-order valence-electron chi connectivity index (χ0n) is 11.8. The highest BCUT2D eigenvalue weighted by atomic mass is 16.5. The van der Waals surface area contributed by atoms with Crippen LogP contribution in [0.4, 0.5) is 0 Å². The predicted octanol–water partition coefficient (Wildman–Crippen LogP) is 1.37. The largest absolute Gasteiger partial charge is 0.481 e. The summed E-state index contributed by atoms with van der Waals surface area (Å²) in [5.41, 5.74) is 0. The Morgan fingerprint density at radius 2 is 1.80 bits per heavy atom. The van der Waals surface area contributed by atoms with Gasteiger partial charge < -0.3 is 14.7 Å². The number of carboxylic acid groups (broad SMARTS) is 1. The lowest BCUT2D eigenvalue weighted by molar-refractivity contribution is -0.142. The minimum absolute atomic E-state index is 0.145. The smallest absolute Gasteiger partial charge is 0.308 e. The van der Waals surface area contributed by atoms with E-state index < -0.39 is 5.97 Å². The van der Waals surface area contributed by atoms with Gasteiger partial charge in [-0.1, -0.05) is 0 Å². The zero-order chi connectivity index (χ0) is 14.1. The Morgan fingerprint density at radius 1 is 1.10 bits per heavy atom. The molecule has 0 unspecified atom stereocenters. The molecule has 5 heteroatoms. The lowest BCUT2D eigenvalue weighted by atomic mass is 9.92. The molecule has 3 aliphatic rings. The number of hydrogen-bond donors (Lipinski definition) is 1. The van der Waals surface area contributed by atoms with E-state index in [0.717, 1.165) is 38.9 Å². The van der Waals surface area contributed by atoms with Crippen molar-refractivity contribution in [1.82, 2.24) is 4.90 Å². The maximum absolute atomic E-state index is 12.4. The fourth-order valence-corrected chi connectivity index (χ4v) is 3.62. The molecule has 2 saturated heterocycles. The predicted molar refractivity (Wildman–Crippen MR) is 72.1 cm³/mol. The minimum Gasteiger partial charge on any atom is -0.481 e. The molecule has 1 aliphatic carbocycles. The van der Waals surface area contributed by atoms with E-state index >= 15 is 0 Å². The van der Waals surface area contributed by atoms with E-state index in [1.807, 2.05) is 0 Å². The van der Waals surface area contributed by atoms with Crippen molar-refractivity contribution in [1.29, 1.82) is 0 Å². The molecule has 2 heterocycles. The second kappa shape index (κ2) is 5.72. The molecule has 1 saturated carbocycles. The van der Waals surface area contributed by atoms with Gasteiger partial charge in [0.25, 0.3) is 0 Å². The molecule has 1 N–H and O–H groups in total. The molecule has 2 aliphatic heterocycles. The average molecular weight is 281 g/mol. The lowest BCUT2D eigenvalue weighted by Gasteiger charge is -2.24. The van der Waals surface area contributed by atoms with Gasteiger partial charge in [-0.25, -0.2) is 0 Å². The van der Waals surface area contributed by atoms with Crippen LogP contribution in [0.1, 0.15) is 32.1 Å². The Balaban J connectivity index is 1.56. The summed E-state index contributed by atoms with van der Waals surface area (Å²) in [5, 5.41) is 9.33. The number of likely N-dealkylation sites (tertiary alicyclic amines) is 1. The van der Waals surface area contributed by atoms with Crippen LogP contribution in [0.25, 0.3) is 0 Å². The van der Waals surface area contributed by atoms with Crippen LogP contribution in [-0.4, -0.2) is 48.2 Å². The number of carboxylic acids is 1. The topological polar surface area (TPSA) is 66.8 Å². The first-order chi connectivity index (χ1) is 9.65. The summed E-state index contributed by atoms with van der Waals surface area (Å²) >= 11 is 0. The van der Waals surface area contributed by atoms with Gasteiger partial charge >= 0.3 is 5.97 Å². The Hall–Kier alpha value is -1.10. The first-order valence-electron chi connectivity index (χ1n) is 7.73. The van der Waals surface area contributed by atoms with Crippen LogP contribution in [-0.2, 0) is 14.3 Å². The van der Waals surface area contributed by atoms with Crippen molar-refractivity contribution in [3.05, 3.63) is 0 Å². The molecular weight excluding hydrogens is 258 g/mol. The molecule has 1 amide bonds. The standard InChI is InChI=1S/C15H23NO4/c17-14(7-10-3-5-20-6-4-10)16-8-12(11-1-2-11)13(9-16)15(18)19/h10-13H,1-9H2,(H,18,19)/t12-,13+/m1/s1. The molecule has 2 atom stereocenters. The van der Waals surface area contributed by atoms with Crippen LogP contribution in [0, 0.1) is 23.7 Å². The summed E-state index contributed by atoms with van der Waals surface area (Å²) in [5.74, 6) is 0.207. The molecule has 0 aromatic rings. The van der Waals surface area contributed by atoms with Gasteiger partial charge in [-0.2, -0.15) is 0 Å². The minimum atomic E-state index is -0.733. The maximum atomic E-state index is 12.4. The van der Waals surface area contributed by atoms with Gasteiger partial charge in [-0.3, -0.25) is 9.59 Å². The van der Waals surface area contributed by atoms with E-state index in [0.29, 0.717) is 31.3 Å².